The summed E-state index contributed by atoms with van der Waals surface area (Å²) in [7, 11) is 0. The van der Waals surface area contributed by atoms with Crippen molar-refractivity contribution in [2.24, 2.45) is 0 Å². The molecule has 1 unspecified atom stereocenters. The van der Waals surface area contributed by atoms with Crippen LogP contribution >= 0.6 is 0 Å². The van der Waals surface area contributed by atoms with Crippen LogP contribution in [0.1, 0.15) is 17.7 Å². The number of imidazole rings is 1. The first kappa shape index (κ1) is 20.4. The fraction of sp³-hybridized carbons (Fsp3) is 0.435. The molecule has 3 aromatic heterocycles. The normalized spacial score (nSPS) is 22.4. The quantitative estimate of drug-likeness (QED) is 0.622. The topological polar surface area (TPSA) is 87.0 Å². The predicted molar refractivity (Wildman–Crippen MR) is 123 cm³/mol. The second-order valence-corrected chi connectivity index (χ2v) is 9.03. The molecule has 3 aliphatic rings. The van der Waals surface area contributed by atoms with Gasteiger partial charge in [-0.05, 0) is 25.8 Å². The van der Waals surface area contributed by atoms with E-state index in [0.717, 1.165) is 56.9 Å². The van der Waals surface area contributed by atoms with E-state index >= 15 is 0 Å². The molecule has 1 atom stereocenters. The van der Waals surface area contributed by atoms with Crippen LogP contribution in [-0.2, 0) is 11.2 Å². The summed E-state index contributed by atoms with van der Waals surface area (Å²) in [5.41, 5.74) is 3.36. The maximum Gasteiger partial charge on any atom is 0.327 e. The van der Waals surface area contributed by atoms with Gasteiger partial charge < -0.3 is 24.7 Å². The van der Waals surface area contributed by atoms with E-state index in [2.05, 4.69) is 25.5 Å². The summed E-state index contributed by atoms with van der Waals surface area (Å²) in [6.45, 7) is 6.56. The number of ether oxygens (including phenoxy) is 1. The number of urea groups is 1. The molecule has 1 spiro atoms. The molecule has 3 aromatic rings. The van der Waals surface area contributed by atoms with Crippen molar-refractivity contribution in [3.63, 3.8) is 0 Å². The molecule has 0 aromatic carbocycles. The first-order valence-electron chi connectivity index (χ1n) is 11.3. The standard InChI is InChI=1S/C23H26FN7O2/c1-15-11-30-12-16(10-18(24)21(30)27-15)28-22(32)31-7-3-17-19(2-5-26-20(17)31)29-8-4-23(14-29)13-25-6-9-33-23/h2,5,10-12,25H,3-4,6-9,13-14H2,1H3,(H,28,32). The van der Waals surface area contributed by atoms with Crippen molar-refractivity contribution in [2.75, 3.05) is 54.4 Å². The number of rotatable bonds is 2. The van der Waals surface area contributed by atoms with Gasteiger partial charge in [-0.1, -0.05) is 0 Å². The molecule has 0 aliphatic carbocycles. The molecule has 2 N–H and O–H groups in total. The number of aryl methyl sites for hydroxylation is 1. The summed E-state index contributed by atoms with van der Waals surface area (Å²) in [5.74, 6) is 0.180. The highest BCUT2D eigenvalue weighted by Gasteiger charge is 2.42. The van der Waals surface area contributed by atoms with E-state index in [1.54, 1.807) is 34.8 Å². The number of halogens is 1. The average Bonchev–Trinajstić information content (AvgIpc) is 3.51. The molecule has 172 valence electrons. The Morgan fingerprint density at radius 2 is 2.24 bits per heavy atom. The molecule has 6 heterocycles. The molecule has 33 heavy (non-hydrogen) atoms. The monoisotopic (exact) mass is 451 g/mol. The van der Waals surface area contributed by atoms with E-state index in [4.69, 9.17) is 4.74 Å². The maximum absolute atomic E-state index is 14.4. The molecule has 0 bridgehead atoms. The van der Waals surface area contributed by atoms with Crippen molar-refractivity contribution < 1.29 is 13.9 Å². The van der Waals surface area contributed by atoms with E-state index in [0.29, 0.717) is 23.7 Å². The summed E-state index contributed by atoms with van der Waals surface area (Å²) in [4.78, 5) is 25.7. The number of anilines is 3. The second-order valence-electron chi connectivity index (χ2n) is 9.03. The van der Waals surface area contributed by atoms with Crippen LogP contribution in [0.3, 0.4) is 0 Å². The Kier molecular flexibility index (Phi) is 4.73. The largest absolute Gasteiger partial charge is 0.370 e. The van der Waals surface area contributed by atoms with Crippen molar-refractivity contribution in [3.05, 3.63) is 47.8 Å². The molecule has 10 heteroatoms. The maximum atomic E-state index is 14.4. The number of pyridine rings is 2. The van der Waals surface area contributed by atoms with Crippen LogP contribution in [0.15, 0.2) is 30.7 Å². The van der Waals surface area contributed by atoms with Crippen molar-refractivity contribution in [2.45, 2.75) is 25.4 Å². The first-order valence-corrected chi connectivity index (χ1v) is 11.3. The number of carbonyl (C=O) groups excluding carboxylic acids is 1. The van der Waals surface area contributed by atoms with Crippen molar-refractivity contribution in [1.29, 1.82) is 0 Å². The van der Waals surface area contributed by atoms with Gasteiger partial charge in [0.2, 0.25) is 0 Å². The summed E-state index contributed by atoms with van der Waals surface area (Å²) in [6, 6.07) is 2.99. The number of hydrogen-bond donors (Lipinski definition) is 2. The van der Waals surface area contributed by atoms with Crippen molar-refractivity contribution >= 4 is 28.9 Å². The van der Waals surface area contributed by atoms with E-state index in [1.165, 1.54) is 6.07 Å². The van der Waals surface area contributed by atoms with Gasteiger partial charge in [0.1, 0.15) is 5.82 Å². The summed E-state index contributed by atoms with van der Waals surface area (Å²) < 4.78 is 22.1. The van der Waals surface area contributed by atoms with Crippen LogP contribution in [0.4, 0.5) is 26.4 Å². The first-order chi connectivity index (χ1) is 16.0. The van der Waals surface area contributed by atoms with Crippen LogP contribution in [0.25, 0.3) is 5.65 Å². The highest BCUT2D eigenvalue weighted by atomic mass is 19.1. The number of amides is 2. The van der Waals surface area contributed by atoms with Gasteiger partial charge in [0.15, 0.2) is 11.5 Å². The zero-order chi connectivity index (χ0) is 22.6. The molecular formula is C23H26FN7O2. The molecule has 0 radical (unpaired) electrons. The zero-order valence-electron chi connectivity index (χ0n) is 18.5. The highest BCUT2D eigenvalue weighted by molar-refractivity contribution is 6.03. The fourth-order valence-electron chi connectivity index (χ4n) is 5.23. The second kappa shape index (κ2) is 7.67. The van der Waals surface area contributed by atoms with E-state index in [1.807, 2.05) is 6.07 Å². The number of nitrogens with zero attached hydrogens (tertiary/aromatic N) is 5. The Labute approximate surface area is 190 Å². The predicted octanol–water partition coefficient (Wildman–Crippen LogP) is 2.34. The Hall–Kier alpha value is -3.24. The smallest absolute Gasteiger partial charge is 0.327 e. The lowest BCUT2D eigenvalue weighted by atomic mass is 10.0. The van der Waals surface area contributed by atoms with Crippen LogP contribution in [0.5, 0.6) is 0 Å². The summed E-state index contributed by atoms with van der Waals surface area (Å²) in [5, 5.41) is 6.26. The van der Waals surface area contributed by atoms with E-state index in [9.17, 15) is 9.18 Å². The van der Waals surface area contributed by atoms with Gasteiger partial charge in [0.05, 0.1) is 23.6 Å². The van der Waals surface area contributed by atoms with Crippen LogP contribution in [-0.4, -0.2) is 65.3 Å². The Bertz CT molecular complexity index is 1240. The van der Waals surface area contributed by atoms with Gasteiger partial charge in [0, 0.05) is 68.6 Å². The SMILES string of the molecule is Cc1cn2cc(NC(=O)N3CCc4c(N5CCC6(CNCCO6)C5)ccnc43)cc(F)c2n1. The van der Waals surface area contributed by atoms with Crippen LogP contribution in [0.2, 0.25) is 0 Å². The number of carbonyl (C=O) groups is 1. The lowest BCUT2D eigenvalue weighted by Gasteiger charge is -2.34. The Balaban J connectivity index is 1.23. The molecule has 2 amide bonds. The van der Waals surface area contributed by atoms with Crippen molar-refractivity contribution in [1.82, 2.24) is 19.7 Å². The van der Waals surface area contributed by atoms with Gasteiger partial charge in [-0.15, -0.1) is 0 Å². The molecule has 2 fully saturated rings. The highest BCUT2D eigenvalue weighted by Crippen LogP contribution is 2.38. The van der Waals surface area contributed by atoms with Crippen LogP contribution in [0, 0.1) is 12.7 Å². The zero-order valence-corrected chi connectivity index (χ0v) is 18.5. The van der Waals surface area contributed by atoms with Crippen LogP contribution < -0.4 is 20.4 Å². The third kappa shape index (κ3) is 3.50. The summed E-state index contributed by atoms with van der Waals surface area (Å²) >= 11 is 0. The number of aromatic nitrogens is 3. The van der Waals surface area contributed by atoms with Gasteiger partial charge in [-0.2, -0.15) is 0 Å². The molecule has 6 rings (SSSR count). The molecule has 9 nitrogen and oxygen atoms in total. The lowest BCUT2D eigenvalue weighted by molar-refractivity contribution is -0.0496. The van der Waals surface area contributed by atoms with Crippen molar-refractivity contribution in [3.8, 4) is 0 Å². The number of morpholine rings is 1. The van der Waals surface area contributed by atoms with Gasteiger partial charge in [-0.3, -0.25) is 4.90 Å². The Morgan fingerprint density at radius 3 is 3.09 bits per heavy atom. The minimum absolute atomic E-state index is 0.140. The van der Waals surface area contributed by atoms with Gasteiger partial charge >= 0.3 is 6.03 Å². The van der Waals surface area contributed by atoms with Gasteiger partial charge in [0.25, 0.3) is 0 Å². The van der Waals surface area contributed by atoms with Gasteiger partial charge in [-0.25, -0.2) is 19.2 Å². The molecule has 3 aliphatic heterocycles. The average molecular weight is 452 g/mol. The Morgan fingerprint density at radius 1 is 1.33 bits per heavy atom. The lowest BCUT2D eigenvalue weighted by Crippen LogP contribution is -2.51. The number of hydrogen-bond acceptors (Lipinski definition) is 6. The minimum Gasteiger partial charge on any atom is -0.370 e. The minimum atomic E-state index is -0.481. The molecule has 0 saturated carbocycles. The number of nitrogens with one attached hydrogen (secondary N) is 2. The van der Waals surface area contributed by atoms with E-state index in [-0.39, 0.29) is 17.3 Å². The molecule has 2 saturated heterocycles. The third-order valence-corrected chi connectivity index (χ3v) is 6.76. The summed E-state index contributed by atoms with van der Waals surface area (Å²) in [6.07, 6.45) is 6.84. The number of fused-ring (bicyclic) bond motifs is 2. The van der Waals surface area contributed by atoms with E-state index < -0.39 is 5.82 Å². The molecular weight excluding hydrogens is 425 g/mol. The fourth-order valence-corrected chi connectivity index (χ4v) is 5.23. The third-order valence-electron chi connectivity index (χ3n) is 6.76.